The Balaban J connectivity index is 1.53. The molecule has 2 aliphatic heterocycles. The van der Waals surface area contributed by atoms with Crippen molar-refractivity contribution in [1.29, 1.82) is 5.26 Å². The summed E-state index contributed by atoms with van der Waals surface area (Å²) in [4.78, 5) is 4.97. The minimum absolute atomic E-state index is 0.562. The van der Waals surface area contributed by atoms with Crippen molar-refractivity contribution in [1.82, 2.24) is 9.80 Å². The maximum Gasteiger partial charge on any atom is 0.157 e. The normalized spacial score (nSPS) is 25.1. The van der Waals surface area contributed by atoms with Crippen LogP contribution in [0.3, 0.4) is 0 Å². The number of nitrogens with two attached hydrogens (primary N) is 1. The molecule has 2 aliphatic rings. The van der Waals surface area contributed by atoms with Gasteiger partial charge in [0.15, 0.2) is 13.2 Å². The molecule has 5 nitrogen and oxygen atoms in total. The number of piperidine rings is 1. The van der Waals surface area contributed by atoms with Gasteiger partial charge in [-0.15, -0.1) is 0 Å². The largest absolute Gasteiger partial charge is 0.432 e. The average Bonchev–Trinajstić information content (AvgIpc) is 2.47. The predicted molar refractivity (Wildman–Crippen MR) is 75.8 cm³/mol. The van der Waals surface area contributed by atoms with E-state index in [2.05, 4.69) is 20.6 Å². The maximum absolute atomic E-state index is 8.99. The Morgan fingerprint density at radius 1 is 1.00 bits per heavy atom. The minimum atomic E-state index is -0.562. The highest BCUT2D eigenvalue weighted by atomic mass is 16.5. The van der Waals surface area contributed by atoms with Crippen LogP contribution in [0.5, 0.6) is 0 Å². The summed E-state index contributed by atoms with van der Waals surface area (Å²) in [5, 5.41) is 8.99. The standard InChI is InChI=1S/C14H26N4O/c15-13-14(16)3-7-17(8-4-14)5-1-2-6-18-9-11-19-12-10-18/h1-12,16H2/p+1. The van der Waals surface area contributed by atoms with Crippen molar-refractivity contribution in [2.75, 3.05) is 52.5 Å². The summed E-state index contributed by atoms with van der Waals surface area (Å²) in [5.41, 5.74) is 5.41. The maximum atomic E-state index is 8.99. The van der Waals surface area contributed by atoms with Crippen LogP contribution in [0.15, 0.2) is 0 Å². The zero-order valence-corrected chi connectivity index (χ0v) is 11.9. The van der Waals surface area contributed by atoms with E-state index in [-0.39, 0.29) is 0 Å². The highest BCUT2D eigenvalue weighted by Crippen LogP contribution is 2.18. The molecule has 0 aromatic heterocycles. The quantitative estimate of drug-likeness (QED) is 0.559. The van der Waals surface area contributed by atoms with E-state index < -0.39 is 5.54 Å². The van der Waals surface area contributed by atoms with E-state index in [1.807, 2.05) is 0 Å². The number of ether oxygens (including phenoxy) is 1. The highest BCUT2D eigenvalue weighted by Gasteiger charge is 2.30. The van der Waals surface area contributed by atoms with Crippen molar-refractivity contribution < 1.29 is 4.74 Å². The fraction of sp³-hybridized carbons (Fsp3) is 0.929. The molecule has 0 radical (unpaired) electrons. The number of aliphatic hydroxyl groups is 2. The molecule has 0 bridgehead atoms. The van der Waals surface area contributed by atoms with Crippen LogP contribution in [0.4, 0.5) is 0 Å². The summed E-state index contributed by atoms with van der Waals surface area (Å²) >= 11 is 0. The molecule has 2 fully saturated rings. The number of likely N-dealkylation sites (tertiary alicyclic amines) is 1. The van der Waals surface area contributed by atoms with E-state index in [0.717, 1.165) is 58.8 Å². The Morgan fingerprint density at radius 2 is 1.53 bits per heavy atom. The summed E-state index contributed by atoms with van der Waals surface area (Å²) in [6.45, 7) is 8.63. The summed E-state index contributed by atoms with van der Waals surface area (Å²) in [7, 11) is 0. The van der Waals surface area contributed by atoms with Gasteiger partial charge in [0, 0.05) is 13.1 Å². The zero-order valence-electron chi connectivity index (χ0n) is 11.9. The molecule has 19 heavy (non-hydrogen) atoms. The number of hydrogen-bond acceptors (Lipinski definition) is 4. The lowest BCUT2D eigenvalue weighted by Crippen LogP contribution is -2.49. The van der Waals surface area contributed by atoms with Crippen LogP contribution in [0, 0.1) is 11.3 Å². The molecule has 108 valence electrons. The molecule has 0 saturated carbocycles. The second-order valence-corrected chi connectivity index (χ2v) is 5.83. The van der Waals surface area contributed by atoms with Gasteiger partial charge >= 0.3 is 0 Å². The second-order valence-electron chi connectivity index (χ2n) is 5.83. The first-order valence-corrected chi connectivity index (χ1v) is 7.50. The summed E-state index contributed by atoms with van der Waals surface area (Å²) in [5.74, 6) is 0. The molecule has 0 aromatic rings. The molecule has 3 N–H and O–H groups in total. The average molecular weight is 267 g/mol. The van der Waals surface area contributed by atoms with Crippen molar-refractivity contribution in [3.8, 4) is 6.07 Å². The van der Waals surface area contributed by atoms with Gasteiger partial charge in [-0.25, -0.2) is 0 Å². The van der Waals surface area contributed by atoms with Crippen molar-refractivity contribution in [3.63, 3.8) is 0 Å². The van der Waals surface area contributed by atoms with Gasteiger partial charge in [0.1, 0.15) is 5.54 Å². The van der Waals surface area contributed by atoms with Gasteiger partial charge in [0.2, 0.25) is 0 Å². The van der Waals surface area contributed by atoms with E-state index in [1.54, 1.807) is 0 Å². The second kappa shape index (κ2) is 7.20. The Kier molecular flexibility index (Phi) is 5.59. The Labute approximate surface area is 116 Å². The van der Waals surface area contributed by atoms with Crippen LogP contribution in [0.2, 0.25) is 0 Å². The summed E-state index contributed by atoms with van der Waals surface area (Å²) < 4.78 is 4.36. The van der Waals surface area contributed by atoms with Gasteiger partial charge in [0.05, 0.1) is 19.2 Å². The van der Waals surface area contributed by atoms with Crippen LogP contribution in [0.25, 0.3) is 0 Å². The SMILES string of the molecule is N#CC1(N)CCN(CCCCN2CC[OH+]CC2)CC1. The molecule has 0 aromatic carbocycles. The lowest BCUT2D eigenvalue weighted by molar-refractivity contribution is -0.0905. The number of nitriles is 1. The molecule has 2 saturated heterocycles. The summed E-state index contributed by atoms with van der Waals surface area (Å²) in [6.07, 6.45) is 4.15. The van der Waals surface area contributed by atoms with E-state index in [1.165, 1.54) is 19.4 Å². The number of hydrogen-bond donors (Lipinski definition) is 1. The molecule has 0 unspecified atom stereocenters. The fourth-order valence-corrected chi connectivity index (χ4v) is 2.83. The van der Waals surface area contributed by atoms with E-state index in [4.69, 9.17) is 11.0 Å². The highest BCUT2D eigenvalue weighted by molar-refractivity contribution is 5.07. The molecule has 0 atom stereocenters. The molecule has 5 heteroatoms. The third-order valence-corrected chi connectivity index (χ3v) is 4.32. The third kappa shape index (κ3) is 4.73. The zero-order chi connectivity index (χ0) is 13.6. The van der Waals surface area contributed by atoms with E-state index in [9.17, 15) is 0 Å². The van der Waals surface area contributed by atoms with Crippen molar-refractivity contribution in [2.45, 2.75) is 31.2 Å². The van der Waals surface area contributed by atoms with Crippen molar-refractivity contribution in [3.05, 3.63) is 0 Å². The summed E-state index contributed by atoms with van der Waals surface area (Å²) in [6, 6.07) is 2.25. The number of rotatable bonds is 5. The van der Waals surface area contributed by atoms with Crippen LogP contribution >= 0.6 is 0 Å². The molecule has 0 amide bonds. The monoisotopic (exact) mass is 267 g/mol. The van der Waals surface area contributed by atoms with Gasteiger partial charge in [0.25, 0.3) is 0 Å². The van der Waals surface area contributed by atoms with Gasteiger partial charge in [-0.1, -0.05) is 0 Å². The number of morpholine rings is 1. The van der Waals surface area contributed by atoms with Gasteiger partial charge in [-0.2, -0.15) is 5.26 Å². The Hall–Kier alpha value is -0.670. The topological polar surface area (TPSA) is 69.1 Å². The first-order valence-electron chi connectivity index (χ1n) is 7.50. The van der Waals surface area contributed by atoms with Crippen LogP contribution in [0.1, 0.15) is 25.7 Å². The molecular weight excluding hydrogens is 240 g/mol. The lowest BCUT2D eigenvalue weighted by atomic mass is 9.90. The third-order valence-electron chi connectivity index (χ3n) is 4.32. The Bertz CT molecular complexity index is 301. The Morgan fingerprint density at radius 3 is 2.05 bits per heavy atom. The number of unbranched alkanes of at least 4 members (excludes halogenated alkanes) is 1. The minimum Gasteiger partial charge on any atom is -0.432 e. The van der Waals surface area contributed by atoms with Crippen LogP contribution in [-0.4, -0.2) is 72.6 Å². The molecule has 0 spiro atoms. The van der Waals surface area contributed by atoms with Gasteiger partial charge in [-0.05, 0) is 38.8 Å². The molecular formula is C14H27N4O+. The van der Waals surface area contributed by atoms with Gasteiger partial charge in [-0.3, -0.25) is 4.90 Å². The first kappa shape index (κ1) is 14.7. The van der Waals surface area contributed by atoms with Crippen LogP contribution < -0.4 is 5.73 Å². The van der Waals surface area contributed by atoms with E-state index in [0.29, 0.717) is 0 Å². The van der Waals surface area contributed by atoms with Crippen LogP contribution in [-0.2, 0) is 0 Å². The number of nitrogens with zero attached hydrogens (tertiary/aromatic N) is 3. The van der Waals surface area contributed by atoms with Crippen molar-refractivity contribution in [2.24, 2.45) is 5.73 Å². The fourth-order valence-electron chi connectivity index (χ4n) is 2.83. The predicted octanol–water partition coefficient (Wildman–Crippen LogP) is -0.0729. The molecule has 0 aliphatic carbocycles. The van der Waals surface area contributed by atoms with Crippen molar-refractivity contribution >= 4 is 0 Å². The molecule has 2 heterocycles. The molecule has 2 rings (SSSR count). The smallest absolute Gasteiger partial charge is 0.157 e. The van der Waals surface area contributed by atoms with Gasteiger partial charge < -0.3 is 15.4 Å². The lowest BCUT2D eigenvalue weighted by Gasteiger charge is -2.34. The first-order chi connectivity index (χ1) is 9.22. The van der Waals surface area contributed by atoms with E-state index >= 15 is 0 Å².